The molecule has 0 radical (unpaired) electrons. The van der Waals surface area contributed by atoms with E-state index in [9.17, 15) is 13.2 Å². The molecule has 1 aromatic carbocycles. The molecule has 21 heavy (non-hydrogen) atoms. The van der Waals surface area contributed by atoms with E-state index < -0.39 is 12.6 Å². The zero-order valence-electron chi connectivity index (χ0n) is 11.8. The summed E-state index contributed by atoms with van der Waals surface area (Å²) in [5.41, 5.74) is 0.937. The Morgan fingerprint density at radius 3 is 2.76 bits per heavy atom. The van der Waals surface area contributed by atoms with Crippen molar-refractivity contribution in [1.82, 2.24) is 5.32 Å². The molecule has 1 N–H and O–H groups in total. The molecule has 0 aliphatic carbocycles. The summed E-state index contributed by atoms with van der Waals surface area (Å²) in [7, 11) is 1.55. The van der Waals surface area contributed by atoms with Gasteiger partial charge < -0.3 is 19.5 Å². The van der Waals surface area contributed by atoms with Gasteiger partial charge in [-0.05, 0) is 37.1 Å². The van der Waals surface area contributed by atoms with Crippen molar-refractivity contribution in [2.45, 2.75) is 32.0 Å². The van der Waals surface area contributed by atoms with Crippen LogP contribution in [0, 0.1) is 0 Å². The average molecular weight is 305 g/mol. The minimum atomic E-state index is -4.06. The molecule has 0 bridgehead atoms. The lowest BCUT2D eigenvalue weighted by molar-refractivity contribution is -0.135. The molecule has 4 nitrogen and oxygen atoms in total. The van der Waals surface area contributed by atoms with Crippen molar-refractivity contribution in [3.05, 3.63) is 17.7 Å². The summed E-state index contributed by atoms with van der Waals surface area (Å²) >= 11 is 0. The monoisotopic (exact) mass is 305 g/mol. The lowest BCUT2D eigenvalue weighted by Gasteiger charge is -2.10. The van der Waals surface area contributed by atoms with Crippen LogP contribution in [-0.4, -0.2) is 26.6 Å². The van der Waals surface area contributed by atoms with E-state index in [1.165, 1.54) is 0 Å². The number of unbranched alkanes of at least 4 members (excludes halogenated alkanes) is 1. The second-order valence-corrected chi connectivity index (χ2v) is 4.78. The Bertz CT molecular complexity index is 477. The third kappa shape index (κ3) is 4.70. The van der Waals surface area contributed by atoms with Gasteiger partial charge in [0.25, 0.3) is 0 Å². The molecule has 0 fully saturated rings. The van der Waals surface area contributed by atoms with Gasteiger partial charge in [-0.2, -0.15) is 13.2 Å². The largest absolute Gasteiger partial charge is 0.493 e. The van der Waals surface area contributed by atoms with Crippen molar-refractivity contribution < 1.29 is 27.4 Å². The topological polar surface area (TPSA) is 39.7 Å². The fourth-order valence-electron chi connectivity index (χ4n) is 2.09. The maximum Gasteiger partial charge on any atom is 0.389 e. The fraction of sp³-hybridized carbons (Fsp3) is 0.571. The van der Waals surface area contributed by atoms with Crippen LogP contribution in [0.5, 0.6) is 17.2 Å². The Morgan fingerprint density at radius 2 is 2.05 bits per heavy atom. The van der Waals surface area contributed by atoms with Crippen molar-refractivity contribution >= 4 is 0 Å². The number of benzene rings is 1. The van der Waals surface area contributed by atoms with E-state index in [0.29, 0.717) is 36.8 Å². The van der Waals surface area contributed by atoms with Crippen LogP contribution in [0.25, 0.3) is 0 Å². The van der Waals surface area contributed by atoms with E-state index >= 15 is 0 Å². The molecular formula is C14H18F3NO3. The van der Waals surface area contributed by atoms with Crippen molar-refractivity contribution in [2.75, 3.05) is 20.4 Å². The van der Waals surface area contributed by atoms with Crippen LogP contribution < -0.4 is 19.5 Å². The van der Waals surface area contributed by atoms with Crippen LogP contribution in [0.3, 0.4) is 0 Å². The van der Waals surface area contributed by atoms with Crippen molar-refractivity contribution in [1.29, 1.82) is 0 Å². The lowest BCUT2D eigenvalue weighted by Crippen LogP contribution is -2.16. The zero-order chi connectivity index (χ0) is 15.3. The predicted octanol–water partition coefficient (Wildman–Crippen LogP) is 3.25. The molecule has 1 aliphatic rings. The summed E-state index contributed by atoms with van der Waals surface area (Å²) in [6, 6.07) is 3.67. The second-order valence-electron chi connectivity index (χ2n) is 4.78. The van der Waals surface area contributed by atoms with Gasteiger partial charge in [0, 0.05) is 13.0 Å². The summed E-state index contributed by atoms with van der Waals surface area (Å²) in [6.07, 6.45) is -4.17. The van der Waals surface area contributed by atoms with E-state index in [-0.39, 0.29) is 13.2 Å². The van der Waals surface area contributed by atoms with Gasteiger partial charge in [0.05, 0.1) is 7.11 Å². The Labute approximate surface area is 121 Å². The molecule has 0 saturated carbocycles. The maximum absolute atomic E-state index is 12.0. The molecule has 0 amide bonds. The fourth-order valence-corrected chi connectivity index (χ4v) is 2.09. The van der Waals surface area contributed by atoms with E-state index in [0.717, 1.165) is 5.56 Å². The van der Waals surface area contributed by atoms with E-state index in [2.05, 4.69) is 5.32 Å². The third-order valence-electron chi connectivity index (χ3n) is 3.11. The number of nitrogens with one attached hydrogen (secondary N) is 1. The molecule has 0 saturated heterocycles. The second kappa shape index (κ2) is 6.89. The molecule has 0 aromatic heterocycles. The lowest BCUT2D eigenvalue weighted by atomic mass is 10.1. The molecule has 118 valence electrons. The van der Waals surface area contributed by atoms with Gasteiger partial charge in [-0.3, -0.25) is 0 Å². The number of hydrogen-bond donors (Lipinski definition) is 1. The van der Waals surface area contributed by atoms with Crippen LogP contribution in [0.15, 0.2) is 12.1 Å². The van der Waals surface area contributed by atoms with E-state index in [1.54, 1.807) is 7.11 Å². The molecule has 1 aliphatic heterocycles. The molecular weight excluding hydrogens is 287 g/mol. The first-order chi connectivity index (χ1) is 9.99. The highest BCUT2D eigenvalue weighted by atomic mass is 19.4. The number of halogens is 3. The highest BCUT2D eigenvalue weighted by molar-refractivity contribution is 5.55. The van der Waals surface area contributed by atoms with Crippen LogP contribution >= 0.6 is 0 Å². The Balaban J connectivity index is 1.76. The summed E-state index contributed by atoms with van der Waals surface area (Å²) in [5, 5.41) is 3.11. The molecule has 2 rings (SSSR count). The minimum absolute atomic E-state index is 0.140. The van der Waals surface area contributed by atoms with Crippen molar-refractivity contribution in [2.24, 2.45) is 0 Å². The first-order valence-electron chi connectivity index (χ1n) is 6.73. The number of hydrogen-bond acceptors (Lipinski definition) is 4. The van der Waals surface area contributed by atoms with Crippen molar-refractivity contribution in [3.63, 3.8) is 0 Å². The molecule has 0 atom stereocenters. The number of ether oxygens (including phenoxy) is 3. The SMILES string of the molecule is COc1cc(CNCCCCC(F)(F)F)cc2c1OCO2. The molecule has 0 spiro atoms. The zero-order valence-corrected chi connectivity index (χ0v) is 11.8. The van der Waals surface area contributed by atoms with Crippen LogP contribution in [-0.2, 0) is 6.54 Å². The van der Waals surface area contributed by atoms with Crippen LogP contribution in [0.2, 0.25) is 0 Å². The van der Waals surface area contributed by atoms with Gasteiger partial charge in [0.1, 0.15) is 0 Å². The summed E-state index contributed by atoms with van der Waals surface area (Å²) in [5.74, 6) is 1.81. The predicted molar refractivity (Wildman–Crippen MR) is 70.7 cm³/mol. The molecule has 7 heteroatoms. The number of rotatable bonds is 7. The molecule has 1 aromatic rings. The third-order valence-corrected chi connectivity index (χ3v) is 3.11. The van der Waals surface area contributed by atoms with Gasteiger partial charge >= 0.3 is 6.18 Å². The Kier molecular flexibility index (Phi) is 5.17. The summed E-state index contributed by atoms with van der Waals surface area (Å²) in [4.78, 5) is 0. The number of methoxy groups -OCH3 is 1. The number of fused-ring (bicyclic) bond motifs is 1. The van der Waals surface area contributed by atoms with Gasteiger partial charge in [-0.1, -0.05) is 0 Å². The first kappa shape index (κ1) is 15.8. The van der Waals surface area contributed by atoms with Gasteiger partial charge in [0.15, 0.2) is 11.5 Å². The highest BCUT2D eigenvalue weighted by Crippen LogP contribution is 2.41. The number of alkyl halides is 3. The summed E-state index contributed by atoms with van der Waals surface area (Å²) < 4.78 is 51.8. The van der Waals surface area contributed by atoms with Crippen molar-refractivity contribution in [3.8, 4) is 17.2 Å². The standard InChI is InChI=1S/C14H18F3NO3/c1-19-11-6-10(7-12-13(11)21-9-20-12)8-18-5-3-2-4-14(15,16)17/h6-7,18H,2-5,8-9H2,1H3. The van der Waals surface area contributed by atoms with Crippen LogP contribution in [0.4, 0.5) is 13.2 Å². The van der Waals surface area contributed by atoms with Gasteiger partial charge in [-0.25, -0.2) is 0 Å². The maximum atomic E-state index is 12.0. The quantitative estimate of drug-likeness (QED) is 0.785. The van der Waals surface area contributed by atoms with E-state index in [4.69, 9.17) is 14.2 Å². The van der Waals surface area contributed by atoms with Crippen LogP contribution in [0.1, 0.15) is 24.8 Å². The van der Waals surface area contributed by atoms with Gasteiger partial charge in [0.2, 0.25) is 12.5 Å². The average Bonchev–Trinajstić information content (AvgIpc) is 2.88. The smallest absolute Gasteiger partial charge is 0.389 e. The Hall–Kier alpha value is -1.63. The molecule has 1 heterocycles. The Morgan fingerprint density at radius 1 is 1.24 bits per heavy atom. The normalized spacial score (nSPS) is 13.5. The minimum Gasteiger partial charge on any atom is -0.493 e. The van der Waals surface area contributed by atoms with E-state index in [1.807, 2.05) is 12.1 Å². The first-order valence-corrected chi connectivity index (χ1v) is 6.73. The molecule has 0 unspecified atom stereocenters. The summed E-state index contributed by atoms with van der Waals surface area (Å²) in [6.45, 7) is 1.24. The van der Waals surface area contributed by atoms with Gasteiger partial charge in [-0.15, -0.1) is 0 Å². The highest BCUT2D eigenvalue weighted by Gasteiger charge is 2.25.